The van der Waals surface area contributed by atoms with Gasteiger partial charge in [0, 0.05) is 18.2 Å². The van der Waals surface area contributed by atoms with Crippen LogP contribution < -0.4 is 5.32 Å². The smallest absolute Gasteiger partial charge is 0.241 e. The van der Waals surface area contributed by atoms with Gasteiger partial charge in [0.05, 0.1) is 12.5 Å². The van der Waals surface area contributed by atoms with E-state index in [0.717, 1.165) is 37.8 Å². The molecule has 6 nitrogen and oxygen atoms in total. The van der Waals surface area contributed by atoms with Crippen LogP contribution in [0.15, 0.2) is 28.8 Å². The summed E-state index contributed by atoms with van der Waals surface area (Å²) in [6.07, 6.45) is 6.57. The molecule has 1 unspecified atom stereocenters. The maximum atomic E-state index is 13.0. The van der Waals surface area contributed by atoms with Crippen LogP contribution in [0.3, 0.4) is 0 Å². The molecule has 144 valence electrons. The Morgan fingerprint density at radius 2 is 1.96 bits per heavy atom. The minimum Gasteiger partial charge on any atom is -0.353 e. The van der Waals surface area contributed by atoms with Crippen LogP contribution in [-0.2, 0) is 11.3 Å². The van der Waals surface area contributed by atoms with Gasteiger partial charge in [0.15, 0.2) is 0 Å². The number of likely N-dealkylation sites (tertiary alicyclic amines) is 1. The molecule has 0 radical (unpaired) electrons. The zero-order chi connectivity index (χ0) is 18.6. The number of aromatic nitrogens is 2. The van der Waals surface area contributed by atoms with Crippen LogP contribution in [0, 0.1) is 11.7 Å². The minimum absolute atomic E-state index is 0.0267. The van der Waals surface area contributed by atoms with E-state index < -0.39 is 0 Å². The Morgan fingerprint density at radius 3 is 2.74 bits per heavy atom. The number of hydrogen-bond donors (Lipinski definition) is 1. The normalized spacial score (nSPS) is 21.4. The zero-order valence-corrected chi connectivity index (χ0v) is 15.4. The number of nitrogens with zero attached hydrogens (tertiary/aromatic N) is 3. The molecule has 27 heavy (non-hydrogen) atoms. The SMILES string of the molecule is O=C(NC1CCCC1)C1CCCN(Cc2nc(-c3ccc(F)cc3)no2)C1. The first-order chi connectivity index (χ1) is 13.2. The van der Waals surface area contributed by atoms with Crippen LogP contribution in [0.2, 0.25) is 0 Å². The van der Waals surface area contributed by atoms with E-state index in [4.69, 9.17) is 4.52 Å². The molecule has 4 rings (SSSR count). The molecule has 1 saturated carbocycles. The minimum atomic E-state index is -0.294. The molecule has 2 fully saturated rings. The van der Waals surface area contributed by atoms with Crippen LogP contribution in [0.4, 0.5) is 4.39 Å². The number of piperidine rings is 1. The van der Waals surface area contributed by atoms with E-state index in [9.17, 15) is 9.18 Å². The maximum absolute atomic E-state index is 13.0. The largest absolute Gasteiger partial charge is 0.353 e. The van der Waals surface area contributed by atoms with Gasteiger partial charge in [-0.25, -0.2) is 4.39 Å². The van der Waals surface area contributed by atoms with E-state index >= 15 is 0 Å². The zero-order valence-electron chi connectivity index (χ0n) is 15.4. The number of benzene rings is 1. The molecular weight excluding hydrogens is 347 g/mol. The van der Waals surface area contributed by atoms with Crippen LogP contribution in [-0.4, -0.2) is 40.1 Å². The number of halogens is 1. The molecule has 1 atom stereocenters. The number of rotatable bonds is 5. The predicted molar refractivity (Wildman–Crippen MR) is 98.1 cm³/mol. The summed E-state index contributed by atoms with van der Waals surface area (Å²) in [5.74, 6) is 0.893. The van der Waals surface area contributed by atoms with Crippen LogP contribution in [0.1, 0.15) is 44.4 Å². The molecule has 1 amide bonds. The summed E-state index contributed by atoms with van der Waals surface area (Å²) in [6.45, 7) is 2.16. The van der Waals surface area contributed by atoms with Crippen molar-refractivity contribution in [1.29, 1.82) is 0 Å². The lowest BCUT2D eigenvalue weighted by Crippen LogP contribution is -2.45. The van der Waals surface area contributed by atoms with E-state index in [1.54, 1.807) is 12.1 Å². The van der Waals surface area contributed by atoms with Crippen molar-refractivity contribution in [2.24, 2.45) is 5.92 Å². The number of amides is 1. The first-order valence-corrected chi connectivity index (χ1v) is 9.78. The first-order valence-electron chi connectivity index (χ1n) is 9.78. The predicted octanol–water partition coefficient (Wildman–Crippen LogP) is 3.15. The fourth-order valence-corrected chi connectivity index (χ4v) is 4.03. The van der Waals surface area contributed by atoms with E-state index in [-0.39, 0.29) is 17.6 Å². The third kappa shape index (κ3) is 4.53. The average molecular weight is 372 g/mol. The molecule has 1 aliphatic heterocycles. The first kappa shape index (κ1) is 18.1. The Morgan fingerprint density at radius 1 is 1.19 bits per heavy atom. The average Bonchev–Trinajstić information content (AvgIpc) is 3.35. The van der Waals surface area contributed by atoms with Gasteiger partial charge in [0.2, 0.25) is 17.6 Å². The summed E-state index contributed by atoms with van der Waals surface area (Å²) in [6, 6.07) is 6.39. The molecule has 1 aliphatic carbocycles. The Hall–Kier alpha value is -2.28. The van der Waals surface area contributed by atoms with Crippen LogP contribution in [0.25, 0.3) is 11.4 Å². The Kier molecular flexibility index (Phi) is 5.48. The van der Waals surface area contributed by atoms with Gasteiger partial charge in [-0.15, -0.1) is 0 Å². The summed E-state index contributed by atoms with van der Waals surface area (Å²) in [7, 11) is 0. The standard InChI is InChI=1S/C20H25FN4O2/c21-16-9-7-14(8-10-16)19-23-18(27-24-19)13-25-11-3-4-15(12-25)20(26)22-17-5-1-2-6-17/h7-10,15,17H,1-6,11-13H2,(H,22,26). The van der Waals surface area contributed by atoms with Crippen molar-refractivity contribution in [3.05, 3.63) is 36.0 Å². The second-order valence-electron chi connectivity index (χ2n) is 7.58. The monoisotopic (exact) mass is 372 g/mol. The van der Waals surface area contributed by atoms with Crippen molar-refractivity contribution in [2.75, 3.05) is 13.1 Å². The van der Waals surface area contributed by atoms with Gasteiger partial charge in [-0.1, -0.05) is 18.0 Å². The third-order valence-corrected chi connectivity index (χ3v) is 5.51. The number of carbonyl (C=O) groups is 1. The van der Waals surface area contributed by atoms with Crippen LogP contribution >= 0.6 is 0 Å². The van der Waals surface area contributed by atoms with Crippen molar-refractivity contribution < 1.29 is 13.7 Å². The Bertz CT molecular complexity index is 771. The molecule has 2 aromatic rings. The van der Waals surface area contributed by atoms with E-state index in [2.05, 4.69) is 20.4 Å². The summed E-state index contributed by atoms with van der Waals surface area (Å²) in [4.78, 5) is 19.2. The third-order valence-electron chi connectivity index (χ3n) is 5.51. The quantitative estimate of drug-likeness (QED) is 0.873. The highest BCUT2D eigenvalue weighted by molar-refractivity contribution is 5.79. The molecule has 7 heteroatoms. The fraction of sp³-hybridized carbons (Fsp3) is 0.550. The Labute approximate surface area is 158 Å². The van der Waals surface area contributed by atoms with Gasteiger partial charge in [0.25, 0.3) is 0 Å². The lowest BCUT2D eigenvalue weighted by atomic mass is 9.96. The summed E-state index contributed by atoms with van der Waals surface area (Å²) >= 11 is 0. The number of carbonyl (C=O) groups excluding carboxylic acids is 1. The Balaban J connectivity index is 1.34. The van der Waals surface area contributed by atoms with Gasteiger partial charge >= 0.3 is 0 Å². The highest BCUT2D eigenvalue weighted by atomic mass is 19.1. The van der Waals surface area contributed by atoms with Gasteiger partial charge in [-0.05, 0) is 56.5 Å². The molecule has 1 aromatic heterocycles. The molecule has 2 heterocycles. The van der Waals surface area contributed by atoms with Gasteiger partial charge in [0.1, 0.15) is 5.82 Å². The van der Waals surface area contributed by atoms with Crippen LogP contribution in [0.5, 0.6) is 0 Å². The molecule has 0 bridgehead atoms. The van der Waals surface area contributed by atoms with E-state index in [0.29, 0.717) is 30.8 Å². The van der Waals surface area contributed by atoms with Crippen molar-refractivity contribution in [1.82, 2.24) is 20.4 Å². The summed E-state index contributed by atoms with van der Waals surface area (Å²) in [5.41, 5.74) is 0.721. The van der Waals surface area contributed by atoms with Gasteiger partial charge in [-0.2, -0.15) is 4.98 Å². The molecule has 1 aromatic carbocycles. The van der Waals surface area contributed by atoms with E-state index in [1.807, 2.05) is 0 Å². The molecule has 2 aliphatic rings. The molecule has 1 saturated heterocycles. The lowest BCUT2D eigenvalue weighted by Gasteiger charge is -2.31. The highest BCUT2D eigenvalue weighted by Crippen LogP contribution is 2.22. The van der Waals surface area contributed by atoms with Crippen molar-refractivity contribution >= 4 is 5.91 Å². The summed E-state index contributed by atoms with van der Waals surface area (Å²) < 4.78 is 18.4. The lowest BCUT2D eigenvalue weighted by molar-refractivity contribution is -0.127. The van der Waals surface area contributed by atoms with Crippen molar-refractivity contribution in [3.63, 3.8) is 0 Å². The molecule has 0 spiro atoms. The van der Waals surface area contributed by atoms with Gasteiger partial charge in [-0.3, -0.25) is 9.69 Å². The fourth-order valence-electron chi connectivity index (χ4n) is 4.03. The molecular formula is C20H25FN4O2. The maximum Gasteiger partial charge on any atom is 0.241 e. The number of nitrogens with one attached hydrogen (secondary N) is 1. The van der Waals surface area contributed by atoms with Crippen molar-refractivity contribution in [3.8, 4) is 11.4 Å². The second-order valence-corrected chi connectivity index (χ2v) is 7.58. The van der Waals surface area contributed by atoms with Crippen molar-refractivity contribution in [2.45, 2.75) is 51.1 Å². The topological polar surface area (TPSA) is 71.3 Å². The van der Waals surface area contributed by atoms with E-state index in [1.165, 1.54) is 25.0 Å². The molecule has 1 N–H and O–H groups in total. The highest BCUT2D eigenvalue weighted by Gasteiger charge is 2.28. The summed E-state index contributed by atoms with van der Waals surface area (Å²) in [5, 5.41) is 7.21. The second kappa shape index (κ2) is 8.17. The van der Waals surface area contributed by atoms with Gasteiger partial charge < -0.3 is 9.84 Å². The number of hydrogen-bond acceptors (Lipinski definition) is 5.